The number of rotatable bonds is 5. The maximum Gasteiger partial charge on any atom is 0.358 e. The van der Waals surface area contributed by atoms with Crippen molar-refractivity contribution in [2.45, 2.75) is 13.3 Å². The Hall–Kier alpha value is -2.43. The van der Waals surface area contributed by atoms with Gasteiger partial charge in [-0.1, -0.05) is 30.4 Å². The lowest BCUT2D eigenvalue weighted by Gasteiger charge is -2.10. The Morgan fingerprint density at radius 2 is 2.16 bits per heavy atom. The molecule has 0 aliphatic carbocycles. The number of hydrogen-bond acceptors (Lipinski definition) is 4. The summed E-state index contributed by atoms with van der Waals surface area (Å²) in [6.07, 6.45) is 4.80. The molecule has 1 aromatic carbocycles. The standard InChI is InChI=1S/C14H15N3O2/c1-2-3-6-9-15-12-10-7-4-5-8-11(10)16-17-13(12)14(18)19/h2-5,7-8H,6,9H2,1H3,(H,15,16)(H,18,19)/b3-2+. The van der Waals surface area contributed by atoms with Gasteiger partial charge in [-0.05, 0) is 19.4 Å². The summed E-state index contributed by atoms with van der Waals surface area (Å²) in [5.74, 6) is -1.08. The summed E-state index contributed by atoms with van der Waals surface area (Å²) in [4.78, 5) is 11.2. The van der Waals surface area contributed by atoms with Gasteiger partial charge in [-0.3, -0.25) is 0 Å². The molecule has 0 amide bonds. The van der Waals surface area contributed by atoms with Crippen LogP contribution in [-0.2, 0) is 0 Å². The van der Waals surface area contributed by atoms with Crippen molar-refractivity contribution in [3.05, 3.63) is 42.1 Å². The number of nitrogens with zero attached hydrogens (tertiary/aromatic N) is 2. The van der Waals surface area contributed by atoms with Crippen molar-refractivity contribution < 1.29 is 9.90 Å². The quantitative estimate of drug-likeness (QED) is 0.636. The molecule has 2 N–H and O–H groups in total. The first-order valence-electron chi connectivity index (χ1n) is 6.07. The van der Waals surface area contributed by atoms with Crippen LogP contribution in [0.3, 0.4) is 0 Å². The van der Waals surface area contributed by atoms with Crippen LogP contribution in [0.15, 0.2) is 36.4 Å². The van der Waals surface area contributed by atoms with Crippen LogP contribution in [0.2, 0.25) is 0 Å². The number of aromatic carboxylic acids is 1. The van der Waals surface area contributed by atoms with E-state index in [9.17, 15) is 9.90 Å². The number of nitrogens with one attached hydrogen (secondary N) is 1. The van der Waals surface area contributed by atoms with Crippen molar-refractivity contribution in [3.63, 3.8) is 0 Å². The van der Waals surface area contributed by atoms with E-state index in [1.807, 2.05) is 43.3 Å². The van der Waals surface area contributed by atoms with E-state index in [1.54, 1.807) is 0 Å². The molecule has 2 aromatic rings. The van der Waals surface area contributed by atoms with Crippen molar-refractivity contribution in [2.24, 2.45) is 0 Å². The predicted molar refractivity (Wildman–Crippen MR) is 74.4 cm³/mol. The van der Waals surface area contributed by atoms with E-state index >= 15 is 0 Å². The highest BCUT2D eigenvalue weighted by molar-refractivity contribution is 6.02. The van der Waals surface area contributed by atoms with Crippen LogP contribution in [0.25, 0.3) is 10.9 Å². The minimum absolute atomic E-state index is 0.0424. The molecule has 5 nitrogen and oxygen atoms in total. The lowest BCUT2D eigenvalue weighted by Crippen LogP contribution is -2.11. The van der Waals surface area contributed by atoms with E-state index in [2.05, 4.69) is 15.5 Å². The summed E-state index contributed by atoms with van der Waals surface area (Å²) in [5.41, 5.74) is 1.17. The predicted octanol–water partition coefficient (Wildman–Crippen LogP) is 2.71. The Morgan fingerprint density at radius 3 is 2.89 bits per heavy atom. The minimum atomic E-state index is -1.08. The number of carboxylic acids is 1. The number of aromatic nitrogens is 2. The third-order valence-electron chi connectivity index (χ3n) is 2.72. The van der Waals surface area contributed by atoms with Crippen LogP contribution in [0.4, 0.5) is 5.69 Å². The van der Waals surface area contributed by atoms with Gasteiger partial charge < -0.3 is 10.4 Å². The van der Waals surface area contributed by atoms with Crippen molar-refractivity contribution in [3.8, 4) is 0 Å². The Kier molecular flexibility index (Phi) is 4.07. The largest absolute Gasteiger partial charge is 0.476 e. The number of benzene rings is 1. The molecule has 19 heavy (non-hydrogen) atoms. The highest BCUT2D eigenvalue weighted by atomic mass is 16.4. The first kappa shape index (κ1) is 13.0. The van der Waals surface area contributed by atoms with E-state index < -0.39 is 5.97 Å². The maximum absolute atomic E-state index is 11.2. The molecule has 0 atom stereocenters. The van der Waals surface area contributed by atoms with Crippen molar-refractivity contribution in [1.82, 2.24) is 10.2 Å². The monoisotopic (exact) mass is 257 g/mol. The van der Waals surface area contributed by atoms with E-state index in [4.69, 9.17) is 0 Å². The number of fused-ring (bicyclic) bond motifs is 1. The molecule has 1 heterocycles. The van der Waals surface area contributed by atoms with Gasteiger partial charge in [0.2, 0.25) is 0 Å². The molecule has 0 aliphatic heterocycles. The molecule has 0 unspecified atom stereocenters. The van der Waals surface area contributed by atoms with Gasteiger partial charge in [0.1, 0.15) is 0 Å². The van der Waals surface area contributed by atoms with Crippen LogP contribution >= 0.6 is 0 Å². The summed E-state index contributed by atoms with van der Waals surface area (Å²) in [6, 6.07) is 7.35. The molecular weight excluding hydrogens is 242 g/mol. The molecular formula is C14H15N3O2. The van der Waals surface area contributed by atoms with E-state index in [0.29, 0.717) is 17.7 Å². The molecule has 0 radical (unpaired) electrons. The third kappa shape index (κ3) is 2.88. The molecule has 0 fully saturated rings. The summed E-state index contributed by atoms with van der Waals surface area (Å²) >= 11 is 0. The van der Waals surface area contributed by atoms with Gasteiger partial charge in [-0.15, -0.1) is 10.2 Å². The van der Waals surface area contributed by atoms with Crippen LogP contribution in [0, 0.1) is 0 Å². The normalized spacial score (nSPS) is 11.0. The first-order chi connectivity index (χ1) is 9.24. The van der Waals surface area contributed by atoms with Gasteiger partial charge in [-0.25, -0.2) is 4.79 Å². The van der Waals surface area contributed by atoms with Gasteiger partial charge in [0.15, 0.2) is 5.69 Å². The number of carbonyl (C=O) groups is 1. The van der Waals surface area contributed by atoms with Gasteiger partial charge >= 0.3 is 5.97 Å². The van der Waals surface area contributed by atoms with Gasteiger partial charge in [-0.2, -0.15) is 0 Å². The van der Waals surface area contributed by atoms with Crippen molar-refractivity contribution >= 4 is 22.6 Å². The lowest BCUT2D eigenvalue weighted by atomic mass is 10.1. The van der Waals surface area contributed by atoms with Crippen LogP contribution in [0.5, 0.6) is 0 Å². The molecule has 2 rings (SSSR count). The fraction of sp³-hybridized carbons (Fsp3) is 0.214. The lowest BCUT2D eigenvalue weighted by molar-refractivity contribution is 0.0690. The molecule has 0 bridgehead atoms. The second-order valence-corrected chi connectivity index (χ2v) is 4.03. The van der Waals surface area contributed by atoms with E-state index in [0.717, 1.165) is 11.8 Å². The van der Waals surface area contributed by atoms with Gasteiger partial charge in [0, 0.05) is 11.9 Å². The number of carboxylic acid groups (broad SMARTS) is 1. The second-order valence-electron chi connectivity index (χ2n) is 4.03. The average molecular weight is 257 g/mol. The summed E-state index contributed by atoms with van der Waals surface area (Å²) in [6.45, 7) is 2.60. The Labute approximate surface area is 111 Å². The third-order valence-corrected chi connectivity index (χ3v) is 2.72. The Bertz CT molecular complexity index is 623. The smallest absolute Gasteiger partial charge is 0.358 e. The topological polar surface area (TPSA) is 75.1 Å². The Morgan fingerprint density at radius 1 is 1.37 bits per heavy atom. The van der Waals surface area contributed by atoms with Gasteiger partial charge in [0.25, 0.3) is 0 Å². The zero-order valence-corrected chi connectivity index (χ0v) is 10.6. The number of hydrogen-bond donors (Lipinski definition) is 2. The summed E-state index contributed by atoms with van der Waals surface area (Å²) in [5, 5.41) is 20.8. The molecule has 98 valence electrons. The van der Waals surface area contributed by atoms with Crippen LogP contribution in [0.1, 0.15) is 23.8 Å². The zero-order valence-electron chi connectivity index (χ0n) is 10.6. The van der Waals surface area contributed by atoms with Crippen LogP contribution in [-0.4, -0.2) is 27.8 Å². The van der Waals surface area contributed by atoms with Gasteiger partial charge in [0.05, 0.1) is 11.2 Å². The average Bonchev–Trinajstić information content (AvgIpc) is 2.43. The summed E-state index contributed by atoms with van der Waals surface area (Å²) in [7, 11) is 0. The number of anilines is 1. The van der Waals surface area contributed by atoms with E-state index in [1.165, 1.54) is 0 Å². The van der Waals surface area contributed by atoms with Crippen molar-refractivity contribution in [1.29, 1.82) is 0 Å². The molecule has 1 aromatic heterocycles. The molecule has 0 spiro atoms. The van der Waals surface area contributed by atoms with Crippen molar-refractivity contribution in [2.75, 3.05) is 11.9 Å². The van der Waals surface area contributed by atoms with E-state index in [-0.39, 0.29) is 5.69 Å². The van der Waals surface area contributed by atoms with Crippen LogP contribution < -0.4 is 5.32 Å². The summed E-state index contributed by atoms with van der Waals surface area (Å²) < 4.78 is 0. The fourth-order valence-corrected chi connectivity index (χ4v) is 1.83. The molecule has 0 saturated heterocycles. The molecule has 5 heteroatoms. The highest BCUT2D eigenvalue weighted by Gasteiger charge is 2.15. The first-order valence-corrected chi connectivity index (χ1v) is 6.07. The number of allylic oxidation sites excluding steroid dienone is 1. The minimum Gasteiger partial charge on any atom is -0.476 e. The SMILES string of the molecule is C/C=C/CCNc1c(C(=O)O)nnc2ccccc12. The molecule has 0 saturated carbocycles. The highest BCUT2D eigenvalue weighted by Crippen LogP contribution is 2.24. The Balaban J connectivity index is 2.41. The zero-order chi connectivity index (χ0) is 13.7. The molecule has 0 aliphatic rings. The maximum atomic E-state index is 11.2. The fourth-order valence-electron chi connectivity index (χ4n) is 1.83. The second kappa shape index (κ2) is 5.95.